The van der Waals surface area contributed by atoms with Crippen molar-refractivity contribution in [3.8, 4) is 0 Å². The van der Waals surface area contributed by atoms with Gasteiger partial charge in [-0.05, 0) is 55.3 Å². The van der Waals surface area contributed by atoms with E-state index in [2.05, 4.69) is 54.5 Å². The lowest BCUT2D eigenvalue weighted by molar-refractivity contribution is 0.253. The Morgan fingerprint density at radius 1 is 1.24 bits per heavy atom. The summed E-state index contributed by atoms with van der Waals surface area (Å²) in [5, 5.41) is 4.21. The van der Waals surface area contributed by atoms with Gasteiger partial charge in [0.05, 0.1) is 0 Å². The number of nitrogens with zero attached hydrogens (tertiary/aromatic N) is 1. The van der Waals surface area contributed by atoms with E-state index in [0.29, 0.717) is 6.04 Å². The quantitative estimate of drug-likeness (QED) is 0.894. The molecule has 1 aliphatic rings. The fourth-order valence-corrected chi connectivity index (χ4v) is 3.10. The minimum Gasteiger partial charge on any atom is -0.384 e. The van der Waals surface area contributed by atoms with Gasteiger partial charge in [-0.1, -0.05) is 35.9 Å². The molecular weight excluding hydrogens is 280 g/mol. The Labute approximate surface area is 131 Å². The van der Waals surface area contributed by atoms with E-state index in [-0.39, 0.29) is 0 Å². The minimum absolute atomic E-state index is 0.343. The predicted molar refractivity (Wildman–Crippen MR) is 90.0 cm³/mol. The maximum absolute atomic E-state index is 6.09. The molecule has 0 fully saturated rings. The number of halogens is 1. The molecule has 1 unspecified atom stereocenters. The van der Waals surface area contributed by atoms with Crippen LogP contribution in [0.5, 0.6) is 0 Å². The van der Waals surface area contributed by atoms with Crippen LogP contribution in [0.25, 0.3) is 0 Å². The summed E-state index contributed by atoms with van der Waals surface area (Å²) in [6, 6.07) is 15.2. The highest BCUT2D eigenvalue weighted by atomic mass is 35.5. The maximum Gasteiger partial charge on any atom is 0.0409 e. The van der Waals surface area contributed by atoms with Crippen molar-refractivity contribution >= 4 is 17.3 Å². The van der Waals surface area contributed by atoms with Gasteiger partial charge in [-0.25, -0.2) is 0 Å². The Hall–Kier alpha value is -1.51. The third-order valence-electron chi connectivity index (χ3n) is 4.30. The molecule has 3 rings (SSSR count). The third kappa shape index (κ3) is 3.22. The molecule has 3 heteroatoms. The van der Waals surface area contributed by atoms with E-state index in [0.717, 1.165) is 24.5 Å². The smallest absolute Gasteiger partial charge is 0.0409 e. The van der Waals surface area contributed by atoms with Crippen LogP contribution in [0.3, 0.4) is 0 Å². The van der Waals surface area contributed by atoms with Gasteiger partial charge in [-0.3, -0.25) is 4.90 Å². The SMILES string of the molecule is CC(c1cccc(Cl)c1)N(C)Cc1ccc2c(c1)CCN2. The Bertz CT molecular complexity index is 639. The van der Waals surface area contributed by atoms with Gasteiger partial charge >= 0.3 is 0 Å². The number of hydrogen-bond donors (Lipinski definition) is 1. The van der Waals surface area contributed by atoms with Crippen LogP contribution in [0.1, 0.15) is 29.7 Å². The molecule has 1 aliphatic heterocycles. The molecule has 1 atom stereocenters. The second-order valence-electron chi connectivity index (χ2n) is 5.81. The Morgan fingerprint density at radius 2 is 2.10 bits per heavy atom. The molecule has 110 valence electrons. The Morgan fingerprint density at radius 3 is 2.90 bits per heavy atom. The van der Waals surface area contributed by atoms with E-state index >= 15 is 0 Å². The van der Waals surface area contributed by atoms with Crippen LogP contribution in [0.15, 0.2) is 42.5 Å². The molecule has 0 bridgehead atoms. The second kappa shape index (κ2) is 6.08. The number of rotatable bonds is 4. The van der Waals surface area contributed by atoms with Crippen molar-refractivity contribution in [1.29, 1.82) is 0 Å². The van der Waals surface area contributed by atoms with E-state index < -0.39 is 0 Å². The number of nitrogens with one attached hydrogen (secondary N) is 1. The molecule has 0 saturated carbocycles. The van der Waals surface area contributed by atoms with Crippen molar-refractivity contribution < 1.29 is 0 Å². The first-order valence-corrected chi connectivity index (χ1v) is 7.82. The lowest BCUT2D eigenvalue weighted by atomic mass is 10.0. The largest absolute Gasteiger partial charge is 0.384 e. The summed E-state index contributed by atoms with van der Waals surface area (Å²) in [6.45, 7) is 4.23. The highest BCUT2D eigenvalue weighted by molar-refractivity contribution is 6.30. The van der Waals surface area contributed by atoms with Gasteiger partial charge in [0.2, 0.25) is 0 Å². The molecule has 0 saturated heterocycles. The van der Waals surface area contributed by atoms with Crippen molar-refractivity contribution in [2.75, 3.05) is 18.9 Å². The van der Waals surface area contributed by atoms with Crippen LogP contribution in [-0.2, 0) is 13.0 Å². The summed E-state index contributed by atoms with van der Waals surface area (Å²) in [5.41, 5.74) is 5.36. The standard InChI is InChI=1S/C18H21ClN2/c1-13(15-4-3-5-17(19)11-15)21(2)12-14-6-7-18-16(10-14)8-9-20-18/h3-7,10-11,13,20H,8-9,12H2,1-2H3. The maximum atomic E-state index is 6.09. The molecule has 2 nitrogen and oxygen atoms in total. The molecule has 0 aromatic heterocycles. The van der Waals surface area contributed by atoms with Crippen molar-refractivity contribution in [2.45, 2.75) is 25.9 Å². The molecule has 0 radical (unpaired) electrons. The van der Waals surface area contributed by atoms with Gasteiger partial charge in [0, 0.05) is 29.8 Å². The van der Waals surface area contributed by atoms with Gasteiger partial charge in [-0.2, -0.15) is 0 Å². The molecule has 0 spiro atoms. The Kier molecular flexibility index (Phi) is 4.18. The van der Waals surface area contributed by atoms with Crippen LogP contribution in [0, 0.1) is 0 Å². The van der Waals surface area contributed by atoms with Crippen LogP contribution in [0.2, 0.25) is 5.02 Å². The fraction of sp³-hybridized carbons (Fsp3) is 0.333. The lowest BCUT2D eigenvalue weighted by Gasteiger charge is -2.25. The predicted octanol–water partition coefficient (Wildman–Crippen LogP) is 4.50. The number of fused-ring (bicyclic) bond motifs is 1. The van der Waals surface area contributed by atoms with E-state index in [1.165, 1.54) is 22.4 Å². The summed E-state index contributed by atoms with van der Waals surface area (Å²) in [4.78, 5) is 2.36. The summed E-state index contributed by atoms with van der Waals surface area (Å²) in [6.07, 6.45) is 1.14. The first kappa shape index (κ1) is 14.4. The molecule has 2 aromatic rings. The van der Waals surface area contributed by atoms with Gasteiger partial charge < -0.3 is 5.32 Å². The van der Waals surface area contributed by atoms with Crippen molar-refractivity contribution in [3.05, 3.63) is 64.2 Å². The molecule has 0 amide bonds. The van der Waals surface area contributed by atoms with E-state index in [9.17, 15) is 0 Å². The zero-order valence-electron chi connectivity index (χ0n) is 12.6. The van der Waals surface area contributed by atoms with E-state index in [4.69, 9.17) is 11.6 Å². The second-order valence-corrected chi connectivity index (χ2v) is 6.25. The normalized spacial score (nSPS) is 14.9. The van der Waals surface area contributed by atoms with Crippen LogP contribution in [-0.4, -0.2) is 18.5 Å². The molecule has 1 heterocycles. The topological polar surface area (TPSA) is 15.3 Å². The average molecular weight is 301 g/mol. The van der Waals surface area contributed by atoms with E-state index in [1.807, 2.05) is 12.1 Å². The molecule has 0 aliphatic carbocycles. The fourth-order valence-electron chi connectivity index (χ4n) is 2.90. The number of benzene rings is 2. The molecular formula is C18H21ClN2. The highest BCUT2D eigenvalue weighted by Gasteiger charge is 2.14. The molecule has 1 N–H and O–H groups in total. The first-order valence-electron chi connectivity index (χ1n) is 7.45. The lowest BCUT2D eigenvalue weighted by Crippen LogP contribution is -2.21. The van der Waals surface area contributed by atoms with Gasteiger partial charge in [0.1, 0.15) is 0 Å². The number of anilines is 1. The zero-order valence-corrected chi connectivity index (χ0v) is 13.3. The summed E-state index contributed by atoms with van der Waals surface area (Å²) >= 11 is 6.09. The van der Waals surface area contributed by atoms with Crippen LogP contribution in [0.4, 0.5) is 5.69 Å². The Balaban J connectivity index is 1.72. The van der Waals surface area contributed by atoms with Gasteiger partial charge in [0.25, 0.3) is 0 Å². The summed E-state index contributed by atoms with van der Waals surface area (Å²) in [7, 11) is 2.16. The minimum atomic E-state index is 0.343. The molecule has 2 aromatic carbocycles. The average Bonchev–Trinajstić information content (AvgIpc) is 2.94. The zero-order chi connectivity index (χ0) is 14.8. The van der Waals surface area contributed by atoms with Crippen LogP contribution >= 0.6 is 11.6 Å². The highest BCUT2D eigenvalue weighted by Crippen LogP contribution is 2.26. The van der Waals surface area contributed by atoms with Crippen molar-refractivity contribution in [3.63, 3.8) is 0 Å². The van der Waals surface area contributed by atoms with Gasteiger partial charge in [0.15, 0.2) is 0 Å². The van der Waals surface area contributed by atoms with Gasteiger partial charge in [-0.15, -0.1) is 0 Å². The van der Waals surface area contributed by atoms with Crippen LogP contribution < -0.4 is 5.32 Å². The number of hydrogen-bond acceptors (Lipinski definition) is 2. The first-order chi connectivity index (χ1) is 10.1. The van der Waals surface area contributed by atoms with Crippen molar-refractivity contribution in [2.24, 2.45) is 0 Å². The molecule has 21 heavy (non-hydrogen) atoms. The summed E-state index contributed by atoms with van der Waals surface area (Å²) in [5.74, 6) is 0. The summed E-state index contributed by atoms with van der Waals surface area (Å²) < 4.78 is 0. The van der Waals surface area contributed by atoms with Crippen molar-refractivity contribution in [1.82, 2.24) is 4.90 Å². The monoisotopic (exact) mass is 300 g/mol. The third-order valence-corrected chi connectivity index (χ3v) is 4.54. The van der Waals surface area contributed by atoms with E-state index in [1.54, 1.807) is 0 Å².